The van der Waals surface area contributed by atoms with E-state index in [2.05, 4.69) is 0 Å². The predicted octanol–water partition coefficient (Wildman–Crippen LogP) is 4.54. The highest BCUT2D eigenvalue weighted by molar-refractivity contribution is 6.30. The third-order valence-corrected chi connectivity index (χ3v) is 2.22. The summed E-state index contributed by atoms with van der Waals surface area (Å²) in [5.41, 5.74) is 0.728. The molecule has 0 spiro atoms. The third-order valence-electron chi connectivity index (χ3n) is 1.97. The van der Waals surface area contributed by atoms with Crippen molar-refractivity contribution in [3.63, 3.8) is 0 Å². The second-order valence-corrected chi connectivity index (χ2v) is 3.45. The average molecular weight is 229 g/mol. The van der Waals surface area contributed by atoms with Crippen LogP contribution in [0.15, 0.2) is 40.8 Å². The summed E-state index contributed by atoms with van der Waals surface area (Å²) in [5, 5.41) is 0.597. The maximum atomic E-state index is 12.2. The summed E-state index contributed by atoms with van der Waals surface area (Å²) in [6, 6.07) is 9.59. The molecular weight excluding hydrogens is 222 g/mol. The molecule has 2 rings (SSSR count). The van der Waals surface area contributed by atoms with E-state index in [1.54, 1.807) is 24.3 Å². The number of furan rings is 1. The lowest BCUT2D eigenvalue weighted by Gasteiger charge is -1.97. The fraction of sp³-hybridized carbons (Fsp3) is 0.0909. The van der Waals surface area contributed by atoms with Gasteiger partial charge >= 0.3 is 0 Å². The molecule has 0 aliphatic carbocycles. The van der Waals surface area contributed by atoms with Crippen LogP contribution in [0.25, 0.3) is 11.3 Å². The second kappa shape index (κ2) is 4.03. The fourth-order valence-electron chi connectivity index (χ4n) is 1.24. The molecule has 1 heterocycles. The molecule has 1 aromatic carbocycles. The molecule has 2 aromatic rings. The maximum Gasteiger partial charge on any atom is 0.295 e. The zero-order chi connectivity index (χ0) is 10.8. The minimum Gasteiger partial charge on any atom is -0.455 e. The molecular formula is C11H7ClF2O. The zero-order valence-electron chi connectivity index (χ0n) is 7.58. The van der Waals surface area contributed by atoms with Crippen molar-refractivity contribution < 1.29 is 13.2 Å². The van der Waals surface area contributed by atoms with Gasteiger partial charge in [-0.2, -0.15) is 0 Å². The van der Waals surface area contributed by atoms with Crippen molar-refractivity contribution in [2.45, 2.75) is 6.43 Å². The summed E-state index contributed by atoms with van der Waals surface area (Å²) in [6.07, 6.45) is -2.58. The predicted molar refractivity (Wildman–Crippen MR) is 54.1 cm³/mol. The van der Waals surface area contributed by atoms with Gasteiger partial charge in [-0.05, 0) is 36.4 Å². The van der Waals surface area contributed by atoms with E-state index >= 15 is 0 Å². The summed E-state index contributed by atoms with van der Waals surface area (Å²) in [7, 11) is 0. The highest BCUT2D eigenvalue weighted by atomic mass is 35.5. The summed E-state index contributed by atoms with van der Waals surface area (Å²) in [6.45, 7) is 0. The van der Waals surface area contributed by atoms with Gasteiger partial charge in [0.15, 0.2) is 5.76 Å². The van der Waals surface area contributed by atoms with Crippen molar-refractivity contribution in [3.05, 3.63) is 47.2 Å². The van der Waals surface area contributed by atoms with Gasteiger partial charge in [-0.25, -0.2) is 8.78 Å². The molecule has 0 aliphatic rings. The fourth-order valence-corrected chi connectivity index (χ4v) is 1.37. The van der Waals surface area contributed by atoms with Crippen LogP contribution < -0.4 is 0 Å². The van der Waals surface area contributed by atoms with Gasteiger partial charge in [0.2, 0.25) is 0 Å². The first-order chi connectivity index (χ1) is 7.16. The van der Waals surface area contributed by atoms with Gasteiger partial charge in [0, 0.05) is 10.6 Å². The van der Waals surface area contributed by atoms with E-state index in [0.717, 1.165) is 5.56 Å². The standard InChI is InChI=1S/C11H7ClF2O/c12-8-3-1-7(2-4-8)9-5-6-10(15-9)11(13)14/h1-6,11H. The Morgan fingerprint density at radius 3 is 2.20 bits per heavy atom. The molecule has 4 heteroatoms. The average Bonchev–Trinajstić information content (AvgIpc) is 2.68. The smallest absolute Gasteiger partial charge is 0.295 e. The molecule has 0 saturated heterocycles. The zero-order valence-corrected chi connectivity index (χ0v) is 8.34. The molecule has 0 amide bonds. The Kier molecular flexibility index (Phi) is 2.73. The lowest BCUT2D eigenvalue weighted by atomic mass is 10.2. The summed E-state index contributed by atoms with van der Waals surface area (Å²) in [5.74, 6) is 0.0990. The SMILES string of the molecule is FC(F)c1ccc(-c2ccc(Cl)cc2)o1. The molecule has 0 bridgehead atoms. The molecule has 1 aromatic heterocycles. The number of benzene rings is 1. The molecule has 0 atom stereocenters. The lowest BCUT2D eigenvalue weighted by molar-refractivity contribution is 0.123. The van der Waals surface area contributed by atoms with Crippen molar-refractivity contribution in [2.24, 2.45) is 0 Å². The summed E-state index contributed by atoms with van der Waals surface area (Å²) in [4.78, 5) is 0. The van der Waals surface area contributed by atoms with E-state index < -0.39 is 6.43 Å². The first kappa shape index (κ1) is 10.2. The third kappa shape index (κ3) is 2.18. The van der Waals surface area contributed by atoms with E-state index in [0.29, 0.717) is 10.8 Å². The van der Waals surface area contributed by atoms with Crippen LogP contribution >= 0.6 is 11.6 Å². The Bertz CT molecular complexity index is 448. The van der Waals surface area contributed by atoms with E-state index in [-0.39, 0.29) is 5.76 Å². The van der Waals surface area contributed by atoms with E-state index in [1.807, 2.05) is 0 Å². The molecule has 0 radical (unpaired) electrons. The van der Waals surface area contributed by atoms with Crippen molar-refractivity contribution in [3.8, 4) is 11.3 Å². The first-order valence-electron chi connectivity index (χ1n) is 4.30. The van der Waals surface area contributed by atoms with Crippen LogP contribution in [0.3, 0.4) is 0 Å². The quantitative estimate of drug-likeness (QED) is 0.736. The van der Waals surface area contributed by atoms with Crippen LogP contribution in [0.4, 0.5) is 8.78 Å². The molecule has 1 nitrogen and oxygen atoms in total. The highest BCUT2D eigenvalue weighted by Gasteiger charge is 2.12. The summed E-state index contributed by atoms with van der Waals surface area (Å²) >= 11 is 5.70. The van der Waals surface area contributed by atoms with Gasteiger partial charge in [0.05, 0.1) is 0 Å². The molecule has 0 aliphatic heterocycles. The van der Waals surface area contributed by atoms with Crippen LogP contribution in [0.2, 0.25) is 5.02 Å². The molecule has 0 saturated carbocycles. The monoisotopic (exact) mass is 228 g/mol. The van der Waals surface area contributed by atoms with E-state index in [1.165, 1.54) is 12.1 Å². The van der Waals surface area contributed by atoms with Crippen molar-refractivity contribution in [1.82, 2.24) is 0 Å². The number of halogens is 3. The van der Waals surface area contributed by atoms with Crippen LogP contribution in [0.1, 0.15) is 12.2 Å². The van der Waals surface area contributed by atoms with Crippen LogP contribution in [-0.4, -0.2) is 0 Å². The van der Waals surface area contributed by atoms with Gasteiger partial charge in [-0.15, -0.1) is 0 Å². The molecule has 0 N–H and O–H groups in total. The normalized spacial score (nSPS) is 10.9. The Balaban J connectivity index is 2.33. The minimum atomic E-state index is -2.58. The van der Waals surface area contributed by atoms with Crippen LogP contribution in [0.5, 0.6) is 0 Å². The minimum absolute atomic E-state index is 0.319. The van der Waals surface area contributed by atoms with Crippen LogP contribution in [0, 0.1) is 0 Å². The molecule has 15 heavy (non-hydrogen) atoms. The molecule has 0 fully saturated rings. The van der Waals surface area contributed by atoms with E-state index in [9.17, 15) is 8.78 Å². The highest BCUT2D eigenvalue weighted by Crippen LogP contribution is 2.28. The van der Waals surface area contributed by atoms with Crippen molar-refractivity contribution in [1.29, 1.82) is 0 Å². The van der Waals surface area contributed by atoms with Gasteiger partial charge in [0.25, 0.3) is 6.43 Å². The Morgan fingerprint density at radius 2 is 1.67 bits per heavy atom. The lowest BCUT2D eigenvalue weighted by Crippen LogP contribution is -1.76. The number of hydrogen-bond acceptors (Lipinski definition) is 1. The first-order valence-corrected chi connectivity index (χ1v) is 4.68. The topological polar surface area (TPSA) is 13.1 Å². The molecule has 78 valence electrons. The van der Waals surface area contributed by atoms with Gasteiger partial charge in [-0.3, -0.25) is 0 Å². The number of hydrogen-bond donors (Lipinski definition) is 0. The Hall–Kier alpha value is -1.35. The van der Waals surface area contributed by atoms with Crippen molar-refractivity contribution >= 4 is 11.6 Å². The van der Waals surface area contributed by atoms with E-state index in [4.69, 9.17) is 16.0 Å². The number of alkyl halides is 2. The van der Waals surface area contributed by atoms with Crippen LogP contribution in [-0.2, 0) is 0 Å². The molecule has 0 unspecified atom stereocenters. The Labute approximate surface area is 90.3 Å². The summed E-state index contributed by atoms with van der Waals surface area (Å²) < 4.78 is 29.5. The number of rotatable bonds is 2. The van der Waals surface area contributed by atoms with Gasteiger partial charge in [-0.1, -0.05) is 11.6 Å². The maximum absolute atomic E-state index is 12.2. The second-order valence-electron chi connectivity index (χ2n) is 3.01. The van der Waals surface area contributed by atoms with Gasteiger partial charge < -0.3 is 4.42 Å². The largest absolute Gasteiger partial charge is 0.455 e. The van der Waals surface area contributed by atoms with Crippen molar-refractivity contribution in [2.75, 3.05) is 0 Å². The van der Waals surface area contributed by atoms with Gasteiger partial charge in [0.1, 0.15) is 5.76 Å². The Morgan fingerprint density at radius 1 is 1.00 bits per heavy atom.